The molecule has 2 heteroatoms. The molecule has 196 valence electrons. The zero-order valence-electron chi connectivity index (χ0n) is 22.9. The van der Waals surface area contributed by atoms with Crippen LogP contribution in [0.1, 0.15) is 0 Å². The van der Waals surface area contributed by atoms with Crippen LogP contribution in [-0.4, -0.2) is 9.97 Å². The van der Waals surface area contributed by atoms with Gasteiger partial charge in [-0.3, -0.25) is 4.98 Å². The monoisotopic (exact) mass is 534 g/mol. The SMILES string of the molecule is c1ccc(-c2cc(-c3ccc(-c4ccc(-c5cccc6ccncc56)cc4)cc3)nc3ccc4ccccc4c23)cc1. The van der Waals surface area contributed by atoms with Crippen molar-refractivity contribution >= 4 is 32.4 Å². The molecule has 0 spiro atoms. The Balaban J connectivity index is 1.17. The molecular formula is C40H26N2. The highest BCUT2D eigenvalue weighted by Gasteiger charge is 2.13. The molecule has 6 aromatic carbocycles. The third kappa shape index (κ3) is 4.22. The minimum atomic E-state index is 0.975. The van der Waals surface area contributed by atoms with Gasteiger partial charge in [0, 0.05) is 28.7 Å². The Morgan fingerprint density at radius 1 is 0.405 bits per heavy atom. The minimum absolute atomic E-state index is 0.975. The van der Waals surface area contributed by atoms with Gasteiger partial charge < -0.3 is 0 Å². The van der Waals surface area contributed by atoms with Gasteiger partial charge in [0.25, 0.3) is 0 Å². The molecule has 0 aliphatic rings. The first-order valence-electron chi connectivity index (χ1n) is 14.2. The summed E-state index contributed by atoms with van der Waals surface area (Å²) in [6.45, 7) is 0. The van der Waals surface area contributed by atoms with Crippen molar-refractivity contribution in [3.63, 3.8) is 0 Å². The maximum Gasteiger partial charge on any atom is 0.0722 e. The topological polar surface area (TPSA) is 25.8 Å². The molecule has 8 aromatic rings. The summed E-state index contributed by atoms with van der Waals surface area (Å²) in [4.78, 5) is 9.49. The van der Waals surface area contributed by atoms with Crippen molar-refractivity contribution in [2.24, 2.45) is 0 Å². The Bertz CT molecular complexity index is 2210. The first kappa shape index (κ1) is 24.2. The zero-order chi connectivity index (χ0) is 27.9. The number of hydrogen-bond acceptors (Lipinski definition) is 2. The highest BCUT2D eigenvalue weighted by atomic mass is 14.7. The Hall–Kier alpha value is -5.60. The molecule has 0 saturated heterocycles. The van der Waals surface area contributed by atoms with E-state index in [4.69, 9.17) is 4.98 Å². The molecule has 8 rings (SSSR count). The summed E-state index contributed by atoms with van der Waals surface area (Å²) in [6, 6.07) is 51.8. The Morgan fingerprint density at radius 3 is 1.86 bits per heavy atom. The summed E-state index contributed by atoms with van der Waals surface area (Å²) in [6.07, 6.45) is 3.79. The van der Waals surface area contributed by atoms with Gasteiger partial charge in [-0.05, 0) is 67.7 Å². The van der Waals surface area contributed by atoms with E-state index in [1.807, 2.05) is 12.4 Å². The summed E-state index contributed by atoms with van der Waals surface area (Å²) < 4.78 is 0. The van der Waals surface area contributed by atoms with Crippen molar-refractivity contribution in [1.82, 2.24) is 9.97 Å². The van der Waals surface area contributed by atoms with Gasteiger partial charge in [0.1, 0.15) is 0 Å². The molecule has 0 atom stereocenters. The molecule has 42 heavy (non-hydrogen) atoms. The fourth-order valence-corrected chi connectivity index (χ4v) is 6.04. The number of benzene rings is 6. The fourth-order valence-electron chi connectivity index (χ4n) is 6.04. The van der Waals surface area contributed by atoms with Crippen molar-refractivity contribution in [1.29, 1.82) is 0 Å². The first-order chi connectivity index (χ1) is 20.8. The summed E-state index contributed by atoms with van der Waals surface area (Å²) in [7, 11) is 0. The summed E-state index contributed by atoms with van der Waals surface area (Å²) in [5, 5.41) is 6.02. The molecule has 0 saturated carbocycles. The molecule has 0 aliphatic carbocycles. The molecule has 2 aromatic heterocycles. The largest absolute Gasteiger partial charge is 0.264 e. The highest BCUT2D eigenvalue weighted by molar-refractivity contribution is 6.13. The molecule has 2 heterocycles. The standard InChI is InChI=1S/C40H26N2/c1-2-7-29(8-3-1)36-25-39(42-38-22-21-30-9-4-5-11-35(30)40(36)38)33-19-15-28(16-20-33)27-13-17-32(18-14-27)34-12-6-10-31-23-24-41-26-37(31)34/h1-26H. The maximum atomic E-state index is 5.15. The quantitative estimate of drug-likeness (QED) is 0.210. The second-order valence-corrected chi connectivity index (χ2v) is 10.7. The van der Waals surface area contributed by atoms with E-state index in [9.17, 15) is 0 Å². The van der Waals surface area contributed by atoms with Crippen molar-refractivity contribution in [3.05, 3.63) is 158 Å². The molecular weight excluding hydrogens is 508 g/mol. The van der Waals surface area contributed by atoms with Crippen molar-refractivity contribution < 1.29 is 0 Å². The molecule has 0 radical (unpaired) electrons. The van der Waals surface area contributed by atoms with Crippen LogP contribution in [0.3, 0.4) is 0 Å². The van der Waals surface area contributed by atoms with Crippen LogP contribution in [-0.2, 0) is 0 Å². The van der Waals surface area contributed by atoms with Crippen LogP contribution in [0.2, 0.25) is 0 Å². The van der Waals surface area contributed by atoms with Gasteiger partial charge in [-0.25, -0.2) is 4.98 Å². The van der Waals surface area contributed by atoms with E-state index in [-0.39, 0.29) is 0 Å². The fraction of sp³-hybridized carbons (Fsp3) is 0. The van der Waals surface area contributed by atoms with E-state index in [0.717, 1.165) is 16.8 Å². The Labute approximate surface area is 244 Å². The van der Waals surface area contributed by atoms with Crippen LogP contribution in [0.25, 0.3) is 77.1 Å². The average molecular weight is 535 g/mol. The van der Waals surface area contributed by atoms with Gasteiger partial charge >= 0.3 is 0 Å². The van der Waals surface area contributed by atoms with E-state index in [0.29, 0.717) is 0 Å². The lowest BCUT2D eigenvalue weighted by molar-refractivity contribution is 1.36. The molecule has 0 bridgehead atoms. The van der Waals surface area contributed by atoms with Crippen LogP contribution in [0.4, 0.5) is 0 Å². The normalized spacial score (nSPS) is 11.3. The lowest BCUT2D eigenvalue weighted by Gasteiger charge is -2.13. The molecule has 0 unspecified atom stereocenters. The van der Waals surface area contributed by atoms with E-state index >= 15 is 0 Å². The number of fused-ring (bicyclic) bond motifs is 4. The molecule has 0 fully saturated rings. The lowest BCUT2D eigenvalue weighted by atomic mass is 9.94. The van der Waals surface area contributed by atoms with E-state index in [1.165, 1.54) is 60.3 Å². The third-order valence-corrected chi connectivity index (χ3v) is 8.18. The Kier molecular flexibility index (Phi) is 5.82. The summed E-state index contributed by atoms with van der Waals surface area (Å²) in [5.74, 6) is 0. The van der Waals surface area contributed by atoms with Gasteiger partial charge in [0.05, 0.1) is 11.2 Å². The van der Waals surface area contributed by atoms with E-state index in [2.05, 4.69) is 151 Å². The second kappa shape index (κ2) is 10.1. The van der Waals surface area contributed by atoms with Gasteiger partial charge in [-0.2, -0.15) is 0 Å². The van der Waals surface area contributed by atoms with E-state index < -0.39 is 0 Å². The van der Waals surface area contributed by atoms with Crippen LogP contribution in [0.5, 0.6) is 0 Å². The maximum absolute atomic E-state index is 5.15. The van der Waals surface area contributed by atoms with Crippen LogP contribution in [0.15, 0.2) is 158 Å². The van der Waals surface area contributed by atoms with Gasteiger partial charge in [-0.15, -0.1) is 0 Å². The smallest absolute Gasteiger partial charge is 0.0722 e. The van der Waals surface area contributed by atoms with Crippen molar-refractivity contribution in [3.8, 4) is 44.6 Å². The lowest BCUT2D eigenvalue weighted by Crippen LogP contribution is -1.91. The summed E-state index contributed by atoms with van der Waals surface area (Å²) in [5.41, 5.74) is 10.2. The van der Waals surface area contributed by atoms with Crippen molar-refractivity contribution in [2.45, 2.75) is 0 Å². The number of hydrogen-bond donors (Lipinski definition) is 0. The third-order valence-electron chi connectivity index (χ3n) is 8.18. The number of nitrogens with zero attached hydrogens (tertiary/aromatic N) is 2. The zero-order valence-corrected chi connectivity index (χ0v) is 22.9. The number of rotatable bonds is 4. The van der Waals surface area contributed by atoms with Gasteiger partial charge in [0.2, 0.25) is 0 Å². The molecule has 0 N–H and O–H groups in total. The van der Waals surface area contributed by atoms with Crippen LogP contribution >= 0.6 is 0 Å². The summed E-state index contributed by atoms with van der Waals surface area (Å²) >= 11 is 0. The average Bonchev–Trinajstić information content (AvgIpc) is 3.08. The first-order valence-corrected chi connectivity index (χ1v) is 14.2. The minimum Gasteiger partial charge on any atom is -0.264 e. The molecule has 0 aliphatic heterocycles. The molecule has 2 nitrogen and oxygen atoms in total. The van der Waals surface area contributed by atoms with Gasteiger partial charge in [-0.1, -0.05) is 127 Å². The number of aromatic nitrogens is 2. The van der Waals surface area contributed by atoms with Crippen LogP contribution < -0.4 is 0 Å². The predicted molar refractivity (Wildman–Crippen MR) is 176 cm³/mol. The Morgan fingerprint density at radius 2 is 1.05 bits per heavy atom. The van der Waals surface area contributed by atoms with Crippen molar-refractivity contribution in [2.75, 3.05) is 0 Å². The second-order valence-electron chi connectivity index (χ2n) is 10.7. The van der Waals surface area contributed by atoms with Gasteiger partial charge in [0.15, 0.2) is 0 Å². The van der Waals surface area contributed by atoms with Crippen LogP contribution in [0, 0.1) is 0 Å². The molecule has 0 amide bonds. The van der Waals surface area contributed by atoms with E-state index in [1.54, 1.807) is 0 Å². The predicted octanol–water partition coefficient (Wildman–Crippen LogP) is 10.6. The highest BCUT2D eigenvalue weighted by Crippen LogP contribution is 2.37. The number of pyridine rings is 2.